The second-order valence-corrected chi connectivity index (χ2v) is 7.95. The Hall–Kier alpha value is -2.33. The molecule has 0 radical (unpaired) electrons. The van der Waals surface area contributed by atoms with Crippen LogP contribution in [0.15, 0.2) is 60.7 Å². The summed E-state index contributed by atoms with van der Waals surface area (Å²) in [5.41, 5.74) is 3.85. The molecule has 1 aliphatic rings. The van der Waals surface area contributed by atoms with E-state index < -0.39 is 0 Å². The molecule has 0 unspecified atom stereocenters. The lowest BCUT2D eigenvalue weighted by molar-refractivity contribution is 0.376. The van der Waals surface area contributed by atoms with Gasteiger partial charge in [-0.05, 0) is 91.8 Å². The Balaban J connectivity index is 1.44. The van der Waals surface area contributed by atoms with Crippen LogP contribution in [0.1, 0.15) is 74.5 Å². The lowest BCUT2D eigenvalue weighted by atomic mass is 9.78. The number of benzene rings is 2. The summed E-state index contributed by atoms with van der Waals surface area (Å²) in [5.74, 6) is 7.27. The van der Waals surface area contributed by atoms with Crippen LogP contribution in [0.5, 0.6) is 0 Å². The topological polar surface area (TPSA) is 0 Å². The number of rotatable bonds is 6. The third-order valence-corrected chi connectivity index (χ3v) is 5.80. The van der Waals surface area contributed by atoms with Crippen LogP contribution < -0.4 is 0 Å². The van der Waals surface area contributed by atoms with Gasteiger partial charge in [0.1, 0.15) is 5.82 Å². The molecule has 1 heteroatoms. The first-order valence-corrected chi connectivity index (χ1v) is 10.8. The first-order chi connectivity index (χ1) is 13.7. The van der Waals surface area contributed by atoms with Crippen molar-refractivity contribution in [3.8, 4) is 11.8 Å². The van der Waals surface area contributed by atoms with Gasteiger partial charge in [-0.25, -0.2) is 4.39 Å². The first kappa shape index (κ1) is 20.4. The largest absolute Gasteiger partial charge is 0.207 e. The van der Waals surface area contributed by atoms with Crippen LogP contribution in [0.4, 0.5) is 4.39 Å². The molecule has 1 fully saturated rings. The van der Waals surface area contributed by atoms with Gasteiger partial charge in [0.15, 0.2) is 0 Å². The number of hydrogen-bond acceptors (Lipinski definition) is 0. The van der Waals surface area contributed by atoms with Gasteiger partial charge in [0.05, 0.1) is 0 Å². The average molecular weight is 375 g/mol. The van der Waals surface area contributed by atoms with Crippen LogP contribution in [-0.4, -0.2) is 0 Å². The highest BCUT2D eigenvalue weighted by atomic mass is 19.1. The predicted molar refractivity (Wildman–Crippen MR) is 117 cm³/mol. The second kappa shape index (κ2) is 10.9. The third kappa shape index (κ3) is 6.38. The van der Waals surface area contributed by atoms with E-state index in [4.69, 9.17) is 0 Å². The summed E-state index contributed by atoms with van der Waals surface area (Å²) in [6, 6.07) is 15.7. The van der Waals surface area contributed by atoms with Crippen LogP contribution in [-0.2, 0) is 6.42 Å². The lowest BCUT2D eigenvalue weighted by Gasteiger charge is -2.27. The van der Waals surface area contributed by atoms with Crippen molar-refractivity contribution in [2.24, 2.45) is 5.92 Å². The van der Waals surface area contributed by atoms with Crippen molar-refractivity contribution in [1.82, 2.24) is 0 Å². The van der Waals surface area contributed by atoms with Gasteiger partial charge in [0.25, 0.3) is 0 Å². The Morgan fingerprint density at radius 2 is 1.64 bits per heavy atom. The van der Waals surface area contributed by atoms with Crippen LogP contribution in [0.3, 0.4) is 0 Å². The Morgan fingerprint density at radius 1 is 0.929 bits per heavy atom. The molecule has 0 aliphatic heterocycles. The molecule has 0 aromatic heterocycles. The number of unbranched alkanes of at least 4 members (excludes halogenated alkanes) is 2. The maximum Gasteiger partial charge on any atom is 0.123 e. The molecule has 0 amide bonds. The molecular formula is C27H31F. The van der Waals surface area contributed by atoms with Crippen molar-refractivity contribution in [3.05, 3.63) is 83.2 Å². The fourth-order valence-corrected chi connectivity index (χ4v) is 4.02. The van der Waals surface area contributed by atoms with E-state index in [1.165, 1.54) is 74.6 Å². The molecule has 1 aliphatic carbocycles. The van der Waals surface area contributed by atoms with Gasteiger partial charge >= 0.3 is 0 Å². The second-order valence-electron chi connectivity index (χ2n) is 7.95. The van der Waals surface area contributed by atoms with E-state index in [9.17, 15) is 4.39 Å². The van der Waals surface area contributed by atoms with Gasteiger partial charge in [-0.1, -0.05) is 61.9 Å². The van der Waals surface area contributed by atoms with Crippen LogP contribution in [0, 0.1) is 23.6 Å². The van der Waals surface area contributed by atoms with Crippen molar-refractivity contribution in [2.45, 2.75) is 64.2 Å². The summed E-state index contributed by atoms with van der Waals surface area (Å²) in [6.45, 7) is 2.26. The molecular weight excluding hydrogens is 343 g/mol. The van der Waals surface area contributed by atoms with Gasteiger partial charge in [0, 0.05) is 5.56 Å². The molecule has 2 aromatic rings. The summed E-state index contributed by atoms with van der Waals surface area (Å²) in [4.78, 5) is 0. The SMILES string of the molecule is CCCCCc1ccc(C2CCC(C=CC#Cc3ccc(F)cc3)CC2)cc1. The van der Waals surface area contributed by atoms with E-state index in [0.29, 0.717) is 11.8 Å². The van der Waals surface area contributed by atoms with Crippen molar-refractivity contribution in [2.75, 3.05) is 0 Å². The standard InChI is InChI=1S/C27H31F/c1-2-3-4-7-22-10-16-25(17-11-22)26-18-12-23(13-19-26)8-5-6-9-24-14-20-27(28)21-15-24/h5,8,10-11,14-17,20-21,23,26H,2-4,7,12-13,18-19H2,1H3. The summed E-state index contributed by atoms with van der Waals surface area (Å²) >= 11 is 0. The highest BCUT2D eigenvalue weighted by Gasteiger charge is 2.20. The van der Waals surface area contributed by atoms with Gasteiger partial charge in [-0.15, -0.1) is 0 Å². The molecule has 28 heavy (non-hydrogen) atoms. The zero-order valence-electron chi connectivity index (χ0n) is 17.0. The predicted octanol–water partition coefficient (Wildman–Crippen LogP) is 7.44. The van der Waals surface area contributed by atoms with Crippen LogP contribution >= 0.6 is 0 Å². The molecule has 0 bridgehead atoms. The summed E-state index contributed by atoms with van der Waals surface area (Å²) < 4.78 is 12.9. The Morgan fingerprint density at radius 3 is 2.32 bits per heavy atom. The molecule has 0 heterocycles. The highest BCUT2D eigenvalue weighted by Crippen LogP contribution is 2.36. The molecule has 3 rings (SSSR count). The van der Waals surface area contributed by atoms with Gasteiger partial charge in [-0.2, -0.15) is 0 Å². The zero-order chi connectivity index (χ0) is 19.6. The van der Waals surface area contributed by atoms with Crippen molar-refractivity contribution in [3.63, 3.8) is 0 Å². The number of halogens is 1. The van der Waals surface area contributed by atoms with Crippen LogP contribution in [0.25, 0.3) is 0 Å². The normalized spacial score (nSPS) is 19.4. The highest BCUT2D eigenvalue weighted by molar-refractivity contribution is 5.37. The third-order valence-electron chi connectivity index (χ3n) is 5.80. The van der Waals surface area contributed by atoms with Gasteiger partial charge in [0.2, 0.25) is 0 Å². The quantitative estimate of drug-likeness (QED) is 0.364. The zero-order valence-corrected chi connectivity index (χ0v) is 17.0. The minimum atomic E-state index is -0.219. The fraction of sp³-hybridized carbons (Fsp3) is 0.407. The fourth-order valence-electron chi connectivity index (χ4n) is 4.02. The Labute approximate surface area is 169 Å². The maximum atomic E-state index is 12.9. The van der Waals surface area contributed by atoms with Gasteiger partial charge < -0.3 is 0 Å². The van der Waals surface area contributed by atoms with Crippen molar-refractivity contribution in [1.29, 1.82) is 0 Å². The average Bonchev–Trinajstić information content (AvgIpc) is 2.74. The minimum absolute atomic E-state index is 0.219. The van der Waals surface area contributed by atoms with Crippen LogP contribution in [0.2, 0.25) is 0 Å². The Kier molecular flexibility index (Phi) is 7.92. The van der Waals surface area contributed by atoms with E-state index >= 15 is 0 Å². The molecule has 146 valence electrons. The number of allylic oxidation sites excluding steroid dienone is 2. The summed E-state index contributed by atoms with van der Waals surface area (Å²) in [6.07, 6.45) is 14.3. The Bertz CT molecular complexity index is 794. The summed E-state index contributed by atoms with van der Waals surface area (Å²) in [7, 11) is 0. The van der Waals surface area contributed by atoms with E-state index in [1.807, 2.05) is 6.08 Å². The summed E-state index contributed by atoms with van der Waals surface area (Å²) in [5, 5.41) is 0. The molecule has 1 saturated carbocycles. The number of aryl methyl sites for hydroxylation is 1. The maximum absolute atomic E-state index is 12.9. The smallest absolute Gasteiger partial charge is 0.123 e. The van der Waals surface area contributed by atoms with E-state index in [0.717, 1.165) is 5.56 Å². The monoisotopic (exact) mass is 374 g/mol. The van der Waals surface area contributed by atoms with E-state index in [-0.39, 0.29) is 5.82 Å². The lowest BCUT2D eigenvalue weighted by Crippen LogP contribution is -2.11. The van der Waals surface area contributed by atoms with E-state index in [1.54, 1.807) is 12.1 Å². The van der Waals surface area contributed by atoms with E-state index in [2.05, 4.69) is 49.1 Å². The van der Waals surface area contributed by atoms with Crippen molar-refractivity contribution >= 4 is 0 Å². The minimum Gasteiger partial charge on any atom is -0.207 e. The molecule has 0 saturated heterocycles. The molecule has 0 atom stereocenters. The molecule has 0 nitrogen and oxygen atoms in total. The van der Waals surface area contributed by atoms with Crippen molar-refractivity contribution < 1.29 is 4.39 Å². The molecule has 0 N–H and O–H groups in total. The first-order valence-electron chi connectivity index (χ1n) is 10.8. The van der Waals surface area contributed by atoms with Gasteiger partial charge in [-0.3, -0.25) is 0 Å². The molecule has 0 spiro atoms. The number of hydrogen-bond donors (Lipinski definition) is 0. The molecule has 2 aromatic carbocycles.